The average Bonchev–Trinajstić information content (AvgIpc) is 2.49. The second-order valence-electron chi connectivity index (χ2n) is 4.62. The minimum absolute atomic E-state index is 0.0229. The number of benzene rings is 1. The maximum Gasteiger partial charge on any atom is 0.388 e. The van der Waals surface area contributed by atoms with Gasteiger partial charge < -0.3 is 10.1 Å². The van der Waals surface area contributed by atoms with Crippen molar-refractivity contribution < 1.29 is 13.5 Å². The van der Waals surface area contributed by atoms with Crippen LogP contribution in [0.4, 0.5) is 8.78 Å². The van der Waals surface area contributed by atoms with Gasteiger partial charge in [-0.05, 0) is 30.1 Å². The first kappa shape index (κ1) is 14.5. The molecule has 1 fully saturated rings. The third-order valence-corrected chi connectivity index (χ3v) is 4.41. The van der Waals surface area contributed by atoms with Gasteiger partial charge in [-0.2, -0.15) is 8.78 Å². The van der Waals surface area contributed by atoms with E-state index >= 15 is 0 Å². The molecule has 0 amide bonds. The molecule has 7 heteroatoms. The highest BCUT2D eigenvalue weighted by molar-refractivity contribution is 7.97. The van der Waals surface area contributed by atoms with Crippen LogP contribution in [0.2, 0.25) is 0 Å². The van der Waals surface area contributed by atoms with Gasteiger partial charge in [-0.3, -0.25) is 0 Å². The van der Waals surface area contributed by atoms with Crippen LogP contribution in [0.1, 0.15) is 0 Å². The lowest BCUT2D eigenvalue weighted by Gasteiger charge is -2.26. The van der Waals surface area contributed by atoms with Crippen molar-refractivity contribution in [3.63, 3.8) is 0 Å². The Morgan fingerprint density at radius 3 is 2.76 bits per heavy atom. The van der Waals surface area contributed by atoms with Gasteiger partial charge in [0.1, 0.15) is 0 Å². The van der Waals surface area contributed by atoms with E-state index in [1.807, 2.05) is 18.2 Å². The largest absolute Gasteiger partial charge is 0.416 e. The fraction of sp³-hybridized carbons (Fsp3) is 0.357. The van der Waals surface area contributed by atoms with Gasteiger partial charge in [-0.1, -0.05) is 6.07 Å². The molecule has 1 aliphatic rings. The van der Waals surface area contributed by atoms with E-state index in [9.17, 15) is 8.78 Å². The van der Waals surface area contributed by atoms with Gasteiger partial charge in [0.2, 0.25) is 5.88 Å². The van der Waals surface area contributed by atoms with Crippen molar-refractivity contribution >= 4 is 22.7 Å². The molecule has 2 aromatic rings. The lowest BCUT2D eigenvalue weighted by molar-refractivity contribution is -0.0517. The van der Waals surface area contributed by atoms with E-state index in [4.69, 9.17) is 0 Å². The van der Waals surface area contributed by atoms with Gasteiger partial charge in [0, 0.05) is 48.0 Å². The molecule has 1 aliphatic heterocycles. The zero-order valence-electron chi connectivity index (χ0n) is 11.3. The second kappa shape index (κ2) is 6.55. The number of pyridine rings is 1. The van der Waals surface area contributed by atoms with Crippen LogP contribution in [-0.2, 0) is 0 Å². The molecule has 0 saturated carbocycles. The van der Waals surface area contributed by atoms with Crippen LogP contribution in [0.3, 0.4) is 0 Å². The van der Waals surface area contributed by atoms with Crippen molar-refractivity contribution in [2.45, 2.75) is 11.5 Å². The maximum atomic E-state index is 12.4. The van der Waals surface area contributed by atoms with E-state index in [0.717, 1.165) is 36.5 Å². The van der Waals surface area contributed by atoms with Crippen molar-refractivity contribution in [1.29, 1.82) is 0 Å². The van der Waals surface area contributed by atoms with Gasteiger partial charge in [0.05, 0.1) is 0 Å². The molecule has 0 aliphatic carbocycles. The molecular formula is C14H15F2N3OS. The Morgan fingerprint density at radius 1 is 1.19 bits per heavy atom. The van der Waals surface area contributed by atoms with Gasteiger partial charge >= 0.3 is 6.61 Å². The molecule has 3 rings (SSSR count). The Bertz CT molecular complexity index is 620. The summed E-state index contributed by atoms with van der Waals surface area (Å²) in [5, 5.41) is 4.79. The van der Waals surface area contributed by atoms with E-state index < -0.39 is 6.61 Å². The minimum atomic E-state index is -2.87. The number of alkyl halides is 2. The molecule has 0 spiro atoms. The first-order valence-corrected chi connectivity index (χ1v) is 7.47. The lowest BCUT2D eigenvalue weighted by Crippen LogP contribution is -2.39. The Hall–Kier alpha value is -1.44. The number of hydrogen-bond donors (Lipinski definition) is 1. The predicted octanol–water partition coefficient (Wildman–Crippen LogP) is 2.75. The molecule has 0 unspecified atom stereocenters. The van der Waals surface area contributed by atoms with Gasteiger partial charge in [-0.25, -0.2) is 9.29 Å². The number of halogens is 2. The molecule has 0 radical (unpaired) electrons. The standard InChI is InChI=1S/C14H15F2N3OS/c15-14(16)20-13-11-2-1-3-12(10(11)4-5-18-13)21-19-8-6-17-7-9-19/h1-5,14,17H,6-9H2. The predicted molar refractivity (Wildman–Crippen MR) is 78.7 cm³/mol. The third-order valence-electron chi connectivity index (χ3n) is 3.23. The summed E-state index contributed by atoms with van der Waals surface area (Å²) in [6, 6.07) is 7.41. The molecule has 2 heterocycles. The highest BCUT2D eigenvalue weighted by Gasteiger charge is 2.15. The summed E-state index contributed by atoms with van der Waals surface area (Å²) < 4.78 is 31.6. The summed E-state index contributed by atoms with van der Waals surface area (Å²) in [4.78, 5) is 4.92. The molecule has 1 aromatic heterocycles. The number of aromatic nitrogens is 1. The van der Waals surface area contributed by atoms with Crippen molar-refractivity contribution in [1.82, 2.24) is 14.6 Å². The van der Waals surface area contributed by atoms with Crippen LogP contribution in [0.15, 0.2) is 35.4 Å². The Labute approximate surface area is 125 Å². The van der Waals surface area contributed by atoms with Crippen molar-refractivity contribution in [2.75, 3.05) is 26.2 Å². The normalized spacial score (nSPS) is 16.5. The Balaban J connectivity index is 1.92. The number of hydrogen-bond acceptors (Lipinski definition) is 5. The van der Waals surface area contributed by atoms with Gasteiger partial charge in [0.15, 0.2) is 0 Å². The second-order valence-corrected chi connectivity index (χ2v) is 5.75. The highest BCUT2D eigenvalue weighted by atomic mass is 32.2. The van der Waals surface area contributed by atoms with Crippen molar-refractivity contribution in [2.24, 2.45) is 0 Å². The van der Waals surface area contributed by atoms with Gasteiger partial charge in [0.25, 0.3) is 0 Å². The van der Waals surface area contributed by atoms with E-state index in [0.29, 0.717) is 5.39 Å². The molecule has 21 heavy (non-hydrogen) atoms. The molecular weight excluding hydrogens is 296 g/mol. The maximum absolute atomic E-state index is 12.4. The molecule has 1 saturated heterocycles. The summed E-state index contributed by atoms with van der Waals surface area (Å²) in [6.07, 6.45) is 1.50. The number of piperazine rings is 1. The quantitative estimate of drug-likeness (QED) is 0.879. The van der Waals surface area contributed by atoms with Crippen LogP contribution in [0, 0.1) is 0 Å². The third kappa shape index (κ3) is 3.42. The summed E-state index contributed by atoms with van der Waals surface area (Å²) in [5.74, 6) is -0.0229. The van der Waals surface area contributed by atoms with Crippen molar-refractivity contribution in [3.8, 4) is 5.88 Å². The van der Waals surface area contributed by atoms with Crippen LogP contribution in [0.5, 0.6) is 5.88 Å². The topological polar surface area (TPSA) is 37.4 Å². The molecule has 4 nitrogen and oxygen atoms in total. The van der Waals surface area contributed by atoms with Crippen molar-refractivity contribution in [3.05, 3.63) is 30.5 Å². The monoisotopic (exact) mass is 311 g/mol. The summed E-state index contributed by atoms with van der Waals surface area (Å²) in [6.45, 7) is 0.949. The van der Waals surface area contributed by atoms with E-state index in [2.05, 4.69) is 19.3 Å². The fourth-order valence-corrected chi connectivity index (χ4v) is 3.34. The highest BCUT2D eigenvalue weighted by Crippen LogP contribution is 2.33. The van der Waals surface area contributed by atoms with Gasteiger partial charge in [-0.15, -0.1) is 0 Å². The SMILES string of the molecule is FC(F)Oc1nccc2c(SN3CCNCC3)cccc12. The summed E-state index contributed by atoms with van der Waals surface area (Å²) in [7, 11) is 0. The number of nitrogens with zero attached hydrogens (tertiary/aromatic N) is 2. The minimum Gasteiger partial charge on any atom is -0.416 e. The van der Waals surface area contributed by atoms with E-state index in [-0.39, 0.29) is 5.88 Å². The fourth-order valence-electron chi connectivity index (χ4n) is 2.28. The average molecular weight is 311 g/mol. The van der Waals surface area contributed by atoms with Crippen LogP contribution in [0.25, 0.3) is 10.8 Å². The number of nitrogens with one attached hydrogen (secondary N) is 1. The smallest absolute Gasteiger partial charge is 0.388 e. The molecule has 0 atom stereocenters. The first-order valence-electron chi connectivity index (χ1n) is 6.70. The molecule has 112 valence electrons. The number of ether oxygens (including phenoxy) is 1. The summed E-state index contributed by atoms with van der Waals surface area (Å²) in [5.41, 5.74) is 0. The number of fused-ring (bicyclic) bond motifs is 1. The van der Waals surface area contributed by atoms with E-state index in [1.54, 1.807) is 18.0 Å². The molecule has 0 bridgehead atoms. The zero-order chi connectivity index (χ0) is 14.7. The van der Waals surface area contributed by atoms with Crippen LogP contribution >= 0.6 is 11.9 Å². The number of rotatable bonds is 4. The lowest BCUT2D eigenvalue weighted by atomic mass is 10.2. The van der Waals surface area contributed by atoms with Crippen LogP contribution in [-0.4, -0.2) is 42.1 Å². The molecule has 1 N–H and O–H groups in total. The first-order chi connectivity index (χ1) is 10.2. The Kier molecular flexibility index (Phi) is 4.52. The van der Waals surface area contributed by atoms with Crippen LogP contribution < -0.4 is 10.1 Å². The Morgan fingerprint density at radius 2 is 2.00 bits per heavy atom. The van der Waals surface area contributed by atoms with E-state index in [1.165, 1.54) is 6.20 Å². The zero-order valence-corrected chi connectivity index (χ0v) is 12.1. The molecule has 1 aromatic carbocycles. The summed E-state index contributed by atoms with van der Waals surface area (Å²) >= 11 is 1.64.